The van der Waals surface area contributed by atoms with Crippen molar-refractivity contribution < 1.29 is 42.1 Å². The number of carboxylic acids is 1. The van der Waals surface area contributed by atoms with Crippen LogP contribution in [-0.4, -0.2) is 123 Å². The van der Waals surface area contributed by atoms with Crippen LogP contribution in [0.15, 0.2) is 47.5 Å². The minimum Gasteiger partial charge on any atom is -0.493 e. The molecule has 3 rings (SSSR count). The van der Waals surface area contributed by atoms with Crippen molar-refractivity contribution in [2.75, 3.05) is 73.7 Å². The number of carbonyl (C=O) groups is 3. The first-order valence-electron chi connectivity index (χ1n) is 16.6. The topological polar surface area (TPSA) is 150 Å². The summed E-state index contributed by atoms with van der Waals surface area (Å²) < 4.78 is 43.1. The van der Waals surface area contributed by atoms with Crippen LogP contribution in [0.1, 0.15) is 43.7 Å². The SMILES string of the molecule is CCCCN=C(N)NC(=O)CCc1ccc(-c2ccc(CN3CCN(CC(=O)N(C)C)CC3)cc2)c(OCCCOC)c1.O=C(O)C(F)(F)F. The number of carboxylic acid groups (broad SMARTS) is 1. The van der Waals surface area contributed by atoms with E-state index in [1.54, 1.807) is 26.1 Å². The van der Waals surface area contributed by atoms with Crippen molar-refractivity contribution in [1.29, 1.82) is 0 Å². The van der Waals surface area contributed by atoms with Gasteiger partial charge in [0.15, 0.2) is 5.96 Å². The highest BCUT2D eigenvalue weighted by molar-refractivity contribution is 5.96. The lowest BCUT2D eigenvalue weighted by atomic mass is 9.99. The number of nitrogens with two attached hydrogens (primary N) is 1. The van der Waals surface area contributed by atoms with Crippen LogP contribution in [0, 0.1) is 0 Å². The van der Waals surface area contributed by atoms with E-state index < -0.39 is 12.1 Å². The molecule has 50 heavy (non-hydrogen) atoms. The van der Waals surface area contributed by atoms with Crippen LogP contribution in [0.25, 0.3) is 11.1 Å². The number of aliphatic imine (C=N–C) groups is 1. The predicted molar refractivity (Wildman–Crippen MR) is 186 cm³/mol. The number of piperazine rings is 1. The minimum atomic E-state index is -5.08. The average molecular weight is 709 g/mol. The number of aliphatic carboxylic acids is 1. The molecule has 0 aliphatic carbocycles. The molecule has 1 aliphatic rings. The highest BCUT2D eigenvalue weighted by Crippen LogP contribution is 2.32. The van der Waals surface area contributed by atoms with Gasteiger partial charge in [-0.05, 0) is 35.6 Å². The number of hydrogen-bond acceptors (Lipinski definition) is 8. The fourth-order valence-corrected chi connectivity index (χ4v) is 4.81. The smallest absolute Gasteiger partial charge is 0.490 e. The Hall–Kier alpha value is -4.21. The number of nitrogens with zero attached hydrogens (tertiary/aromatic N) is 4. The number of nitrogens with one attached hydrogen (secondary N) is 1. The average Bonchev–Trinajstić information content (AvgIpc) is 3.07. The van der Waals surface area contributed by atoms with Crippen molar-refractivity contribution in [1.82, 2.24) is 20.0 Å². The van der Waals surface area contributed by atoms with Crippen molar-refractivity contribution >= 4 is 23.7 Å². The van der Waals surface area contributed by atoms with Gasteiger partial charge in [-0.15, -0.1) is 0 Å². The van der Waals surface area contributed by atoms with Gasteiger partial charge in [0.2, 0.25) is 11.8 Å². The van der Waals surface area contributed by atoms with E-state index in [1.807, 2.05) is 6.07 Å². The van der Waals surface area contributed by atoms with Crippen LogP contribution >= 0.6 is 0 Å². The second-order valence-corrected chi connectivity index (χ2v) is 12.0. The van der Waals surface area contributed by atoms with E-state index in [2.05, 4.69) is 63.4 Å². The summed E-state index contributed by atoms with van der Waals surface area (Å²) in [6.45, 7) is 8.93. The zero-order valence-corrected chi connectivity index (χ0v) is 29.4. The van der Waals surface area contributed by atoms with Crippen LogP contribution in [0.5, 0.6) is 5.75 Å². The fourth-order valence-electron chi connectivity index (χ4n) is 4.81. The third-order valence-corrected chi connectivity index (χ3v) is 7.73. The largest absolute Gasteiger partial charge is 0.493 e. The maximum atomic E-state index is 12.4. The number of amides is 2. The van der Waals surface area contributed by atoms with E-state index in [4.69, 9.17) is 25.1 Å². The zero-order chi connectivity index (χ0) is 37.1. The summed E-state index contributed by atoms with van der Waals surface area (Å²) in [6, 6.07) is 14.8. The molecule has 15 heteroatoms. The molecular formula is C35H51F3N6O6. The lowest BCUT2D eigenvalue weighted by Gasteiger charge is -2.34. The van der Waals surface area contributed by atoms with Crippen LogP contribution in [0.3, 0.4) is 0 Å². The van der Waals surface area contributed by atoms with Gasteiger partial charge in [-0.25, -0.2) is 4.79 Å². The molecule has 1 fully saturated rings. The van der Waals surface area contributed by atoms with Gasteiger partial charge < -0.3 is 25.2 Å². The Balaban J connectivity index is 0.00000112. The van der Waals surface area contributed by atoms with Gasteiger partial charge in [0.05, 0.1) is 13.2 Å². The lowest BCUT2D eigenvalue weighted by Crippen LogP contribution is -2.48. The maximum Gasteiger partial charge on any atom is 0.490 e. The quantitative estimate of drug-likeness (QED) is 0.135. The van der Waals surface area contributed by atoms with Crippen molar-refractivity contribution in [3.8, 4) is 16.9 Å². The second kappa shape index (κ2) is 21.8. The van der Waals surface area contributed by atoms with Gasteiger partial charge in [0.1, 0.15) is 5.75 Å². The molecule has 1 saturated heterocycles. The van der Waals surface area contributed by atoms with Gasteiger partial charge in [-0.2, -0.15) is 13.2 Å². The summed E-state index contributed by atoms with van der Waals surface area (Å²) >= 11 is 0. The molecule has 0 atom stereocenters. The number of alkyl halides is 3. The Morgan fingerprint density at radius 3 is 2.18 bits per heavy atom. The number of carbonyl (C=O) groups excluding carboxylic acids is 2. The van der Waals surface area contributed by atoms with E-state index in [-0.39, 0.29) is 17.8 Å². The molecule has 1 aliphatic heterocycles. The molecule has 278 valence electrons. The first-order valence-corrected chi connectivity index (χ1v) is 16.6. The highest BCUT2D eigenvalue weighted by atomic mass is 19.4. The number of hydrogen-bond donors (Lipinski definition) is 3. The molecule has 0 saturated carbocycles. The van der Waals surface area contributed by atoms with Crippen molar-refractivity contribution in [2.45, 2.75) is 51.7 Å². The summed E-state index contributed by atoms with van der Waals surface area (Å²) in [6.07, 6.45) is -1.45. The number of likely N-dealkylation sites (N-methyl/N-ethyl adjacent to an activating group) is 1. The molecule has 12 nitrogen and oxygen atoms in total. The van der Waals surface area contributed by atoms with E-state index >= 15 is 0 Å². The summed E-state index contributed by atoms with van der Waals surface area (Å²) in [7, 11) is 5.29. The number of halogens is 3. The van der Waals surface area contributed by atoms with Crippen molar-refractivity contribution in [2.24, 2.45) is 10.7 Å². The normalized spacial score (nSPS) is 14.0. The summed E-state index contributed by atoms with van der Waals surface area (Å²) in [4.78, 5) is 43.8. The Morgan fingerprint density at radius 2 is 1.60 bits per heavy atom. The number of aryl methyl sites for hydroxylation is 1. The highest BCUT2D eigenvalue weighted by Gasteiger charge is 2.38. The third kappa shape index (κ3) is 16.0. The van der Waals surface area contributed by atoms with E-state index in [0.717, 1.165) is 74.4 Å². The standard InChI is InChI=1S/C33H50N6O4.C2HF3O2/c1-5-6-16-35-33(34)36-31(40)15-11-26-10-14-29(30(23-26)43-22-7-21-42-4)28-12-8-27(9-13-28)24-38-17-19-39(20-18-38)25-32(41)37(2)3;3-2(4,5)1(6)7/h8-10,12-14,23H,5-7,11,15-22,24-25H2,1-4H3,(H3,34,35,36,40);(H,6,7). The summed E-state index contributed by atoms with van der Waals surface area (Å²) in [5, 5.41) is 9.80. The zero-order valence-electron chi connectivity index (χ0n) is 29.4. The minimum absolute atomic E-state index is 0.150. The van der Waals surface area contributed by atoms with Crippen LogP contribution < -0.4 is 15.8 Å². The van der Waals surface area contributed by atoms with Crippen LogP contribution in [0.4, 0.5) is 13.2 Å². The molecular weight excluding hydrogens is 657 g/mol. The predicted octanol–water partition coefficient (Wildman–Crippen LogP) is 3.77. The summed E-state index contributed by atoms with van der Waals surface area (Å²) in [5.74, 6) is -1.78. The Morgan fingerprint density at radius 1 is 0.980 bits per heavy atom. The van der Waals surface area contributed by atoms with Gasteiger partial charge >= 0.3 is 12.1 Å². The molecule has 1 heterocycles. The van der Waals surface area contributed by atoms with Crippen molar-refractivity contribution in [3.63, 3.8) is 0 Å². The van der Waals surface area contributed by atoms with E-state index in [0.29, 0.717) is 39.1 Å². The van der Waals surface area contributed by atoms with Gasteiger partial charge in [-0.3, -0.25) is 29.7 Å². The Labute approximate surface area is 292 Å². The maximum absolute atomic E-state index is 12.4. The molecule has 0 unspecified atom stereocenters. The second-order valence-electron chi connectivity index (χ2n) is 12.0. The monoisotopic (exact) mass is 708 g/mol. The molecule has 2 amide bonds. The first-order chi connectivity index (χ1) is 23.7. The number of guanidine groups is 1. The molecule has 2 aromatic carbocycles. The van der Waals surface area contributed by atoms with E-state index in [9.17, 15) is 22.8 Å². The number of benzene rings is 2. The van der Waals surface area contributed by atoms with Gasteiger partial charge in [-0.1, -0.05) is 49.7 Å². The molecule has 4 N–H and O–H groups in total. The number of methoxy groups -OCH3 is 1. The van der Waals surface area contributed by atoms with Gasteiger partial charge in [0.25, 0.3) is 0 Å². The third-order valence-electron chi connectivity index (χ3n) is 7.73. The summed E-state index contributed by atoms with van der Waals surface area (Å²) in [5.41, 5.74) is 10.2. The molecule has 0 aromatic heterocycles. The van der Waals surface area contributed by atoms with E-state index in [1.165, 1.54) is 5.56 Å². The Kier molecular flexibility index (Phi) is 18.3. The fraction of sp³-hybridized carbons (Fsp3) is 0.543. The molecule has 2 aromatic rings. The van der Waals surface area contributed by atoms with Crippen LogP contribution in [0.2, 0.25) is 0 Å². The molecule has 0 spiro atoms. The van der Waals surface area contributed by atoms with Crippen molar-refractivity contribution in [3.05, 3.63) is 53.6 Å². The molecule has 0 radical (unpaired) electrons. The number of rotatable bonds is 16. The number of ether oxygens (including phenoxy) is 2. The molecule has 0 bridgehead atoms. The Bertz CT molecular complexity index is 1380. The van der Waals surface area contributed by atoms with Gasteiger partial charge in [0, 0.05) is 85.5 Å². The lowest BCUT2D eigenvalue weighted by molar-refractivity contribution is -0.192. The van der Waals surface area contributed by atoms with Crippen LogP contribution in [-0.2, 0) is 32.1 Å². The first kappa shape index (κ1) is 42.0. The number of unbranched alkanes of at least 4 members (excludes halogenated alkanes) is 1.